The van der Waals surface area contributed by atoms with Gasteiger partial charge in [-0.15, -0.1) is 0 Å². The smallest absolute Gasteiger partial charge is 0.303 e. The second-order valence-corrected chi connectivity index (χ2v) is 3.79. The van der Waals surface area contributed by atoms with Crippen LogP contribution >= 0.6 is 0 Å². The van der Waals surface area contributed by atoms with Crippen molar-refractivity contribution in [1.82, 2.24) is 10.1 Å². The van der Waals surface area contributed by atoms with Crippen LogP contribution in [0.4, 0.5) is 0 Å². The molecule has 0 aliphatic carbocycles. The molecule has 0 atom stereocenters. The summed E-state index contributed by atoms with van der Waals surface area (Å²) in [5.74, 6) is -0.291. The average Bonchev–Trinajstić information content (AvgIpc) is 2.76. The Morgan fingerprint density at radius 2 is 2.24 bits per heavy atom. The molecule has 88 valence electrons. The molecular formula is C12H12N2O3. The predicted molar refractivity (Wildman–Crippen MR) is 60.4 cm³/mol. The zero-order chi connectivity index (χ0) is 12.3. The minimum absolute atomic E-state index is 0.0377. The van der Waals surface area contributed by atoms with Crippen molar-refractivity contribution in [2.45, 2.75) is 19.8 Å². The highest BCUT2D eigenvalue weighted by Crippen LogP contribution is 2.17. The molecule has 0 bridgehead atoms. The van der Waals surface area contributed by atoms with Crippen LogP contribution in [0.1, 0.15) is 17.7 Å². The minimum atomic E-state index is -0.851. The topological polar surface area (TPSA) is 76.2 Å². The van der Waals surface area contributed by atoms with Crippen LogP contribution < -0.4 is 0 Å². The van der Waals surface area contributed by atoms with Crippen LogP contribution in [0.15, 0.2) is 28.9 Å². The maximum atomic E-state index is 10.4. The summed E-state index contributed by atoms with van der Waals surface area (Å²) in [6.07, 6.45) is 2.13. The van der Waals surface area contributed by atoms with E-state index in [1.54, 1.807) is 12.3 Å². The molecule has 2 rings (SSSR count). The van der Waals surface area contributed by atoms with E-state index in [4.69, 9.17) is 9.63 Å². The quantitative estimate of drug-likeness (QED) is 0.873. The number of aliphatic carboxylic acids is 1. The molecule has 2 aromatic heterocycles. The Labute approximate surface area is 98.1 Å². The lowest BCUT2D eigenvalue weighted by atomic mass is 10.2. The van der Waals surface area contributed by atoms with Crippen LogP contribution in [0.25, 0.3) is 11.4 Å². The highest BCUT2D eigenvalue weighted by molar-refractivity contribution is 5.67. The van der Waals surface area contributed by atoms with Gasteiger partial charge in [0.05, 0.1) is 12.1 Å². The Hall–Kier alpha value is -2.17. The van der Waals surface area contributed by atoms with Crippen molar-refractivity contribution in [3.63, 3.8) is 0 Å². The van der Waals surface area contributed by atoms with Gasteiger partial charge < -0.3 is 9.63 Å². The summed E-state index contributed by atoms with van der Waals surface area (Å²) < 4.78 is 5.05. The first-order chi connectivity index (χ1) is 8.15. The zero-order valence-electron chi connectivity index (χ0n) is 9.38. The van der Waals surface area contributed by atoms with Gasteiger partial charge >= 0.3 is 5.97 Å². The molecule has 1 N–H and O–H groups in total. The van der Waals surface area contributed by atoms with Gasteiger partial charge in [0.2, 0.25) is 0 Å². The van der Waals surface area contributed by atoms with E-state index in [1.165, 1.54) is 0 Å². The number of aryl methyl sites for hydroxylation is 2. The Balaban J connectivity index is 2.12. The molecule has 0 aliphatic heterocycles. The first-order valence-electron chi connectivity index (χ1n) is 5.25. The summed E-state index contributed by atoms with van der Waals surface area (Å²) in [7, 11) is 0. The average molecular weight is 232 g/mol. The molecule has 5 heteroatoms. The summed E-state index contributed by atoms with van der Waals surface area (Å²) in [6, 6.07) is 5.52. The number of hydrogen-bond acceptors (Lipinski definition) is 4. The van der Waals surface area contributed by atoms with Gasteiger partial charge in [-0.1, -0.05) is 11.2 Å². The van der Waals surface area contributed by atoms with E-state index in [0.717, 1.165) is 11.3 Å². The van der Waals surface area contributed by atoms with E-state index in [9.17, 15) is 4.79 Å². The fraction of sp³-hybridized carbons (Fsp3) is 0.250. The highest BCUT2D eigenvalue weighted by atomic mass is 16.5. The zero-order valence-corrected chi connectivity index (χ0v) is 9.38. The fourth-order valence-corrected chi connectivity index (χ4v) is 1.40. The lowest BCUT2D eigenvalue weighted by molar-refractivity contribution is -0.137. The van der Waals surface area contributed by atoms with Gasteiger partial charge in [-0.05, 0) is 18.6 Å². The maximum Gasteiger partial charge on any atom is 0.303 e. The van der Waals surface area contributed by atoms with Gasteiger partial charge in [0.25, 0.3) is 0 Å². The maximum absolute atomic E-state index is 10.4. The third-order valence-electron chi connectivity index (χ3n) is 2.32. The molecule has 5 nitrogen and oxygen atoms in total. The molecule has 2 aromatic rings. The lowest BCUT2D eigenvalue weighted by Gasteiger charge is -1.94. The van der Waals surface area contributed by atoms with Crippen LogP contribution in [-0.2, 0) is 11.2 Å². The van der Waals surface area contributed by atoms with E-state index in [0.29, 0.717) is 17.9 Å². The molecule has 0 saturated carbocycles. The number of nitrogens with zero attached hydrogens (tertiary/aromatic N) is 2. The van der Waals surface area contributed by atoms with Crippen molar-refractivity contribution in [2.75, 3.05) is 0 Å². The van der Waals surface area contributed by atoms with Gasteiger partial charge in [0.1, 0.15) is 11.5 Å². The largest absolute Gasteiger partial charge is 0.481 e. The van der Waals surface area contributed by atoms with Crippen molar-refractivity contribution in [2.24, 2.45) is 0 Å². The monoisotopic (exact) mass is 232 g/mol. The van der Waals surface area contributed by atoms with Gasteiger partial charge in [-0.3, -0.25) is 9.78 Å². The second kappa shape index (κ2) is 4.78. The number of carboxylic acids is 1. The van der Waals surface area contributed by atoms with Crippen molar-refractivity contribution < 1.29 is 14.4 Å². The minimum Gasteiger partial charge on any atom is -0.481 e. The van der Waals surface area contributed by atoms with Gasteiger partial charge in [-0.25, -0.2) is 0 Å². The van der Waals surface area contributed by atoms with Gasteiger partial charge in [0, 0.05) is 18.7 Å². The molecule has 0 radical (unpaired) electrons. The molecule has 0 unspecified atom stereocenters. The molecule has 0 aromatic carbocycles. The van der Waals surface area contributed by atoms with Crippen molar-refractivity contribution >= 4 is 5.97 Å². The van der Waals surface area contributed by atoms with E-state index in [1.807, 2.05) is 19.1 Å². The van der Waals surface area contributed by atoms with E-state index in [2.05, 4.69) is 10.1 Å². The first kappa shape index (κ1) is 11.3. The highest BCUT2D eigenvalue weighted by Gasteiger charge is 2.08. The molecule has 2 heterocycles. The number of hydrogen-bond donors (Lipinski definition) is 1. The second-order valence-electron chi connectivity index (χ2n) is 3.79. The summed E-state index contributed by atoms with van der Waals surface area (Å²) >= 11 is 0. The van der Waals surface area contributed by atoms with E-state index >= 15 is 0 Å². The van der Waals surface area contributed by atoms with Crippen LogP contribution in [-0.4, -0.2) is 21.2 Å². The van der Waals surface area contributed by atoms with Gasteiger partial charge in [0.15, 0.2) is 0 Å². The molecular weight excluding hydrogens is 220 g/mol. The Kier molecular flexibility index (Phi) is 3.18. The molecule has 0 spiro atoms. The van der Waals surface area contributed by atoms with E-state index in [-0.39, 0.29) is 6.42 Å². The number of pyridine rings is 1. The third-order valence-corrected chi connectivity index (χ3v) is 2.32. The standard InChI is InChI=1S/C12H12N2O3/c1-8-2-4-10(13-7-8)11-6-9(17-14-11)3-5-12(15)16/h2,4,6-7H,3,5H2,1H3,(H,15,16). The van der Waals surface area contributed by atoms with Crippen molar-refractivity contribution in [3.8, 4) is 11.4 Å². The normalized spacial score (nSPS) is 10.4. The van der Waals surface area contributed by atoms with E-state index < -0.39 is 5.97 Å². The van der Waals surface area contributed by atoms with Crippen LogP contribution in [0.5, 0.6) is 0 Å². The summed E-state index contributed by atoms with van der Waals surface area (Å²) in [6.45, 7) is 1.96. The molecule has 0 aliphatic rings. The number of carboxylic acid groups (broad SMARTS) is 1. The van der Waals surface area contributed by atoms with Crippen molar-refractivity contribution in [1.29, 1.82) is 0 Å². The summed E-state index contributed by atoms with van der Waals surface area (Å²) in [5, 5.41) is 12.4. The summed E-state index contributed by atoms with van der Waals surface area (Å²) in [5.41, 5.74) is 2.43. The SMILES string of the molecule is Cc1ccc(-c2cc(CCC(=O)O)on2)nc1. The molecule has 0 saturated heterocycles. The summed E-state index contributed by atoms with van der Waals surface area (Å²) in [4.78, 5) is 14.6. The molecule has 0 amide bonds. The Morgan fingerprint density at radius 3 is 2.88 bits per heavy atom. The number of rotatable bonds is 4. The third kappa shape index (κ3) is 2.90. The van der Waals surface area contributed by atoms with Gasteiger partial charge in [-0.2, -0.15) is 0 Å². The number of carbonyl (C=O) groups is 1. The lowest BCUT2D eigenvalue weighted by Crippen LogP contribution is -1.96. The van der Waals surface area contributed by atoms with Crippen LogP contribution in [0.3, 0.4) is 0 Å². The van der Waals surface area contributed by atoms with Crippen LogP contribution in [0, 0.1) is 6.92 Å². The fourth-order valence-electron chi connectivity index (χ4n) is 1.40. The van der Waals surface area contributed by atoms with Crippen molar-refractivity contribution in [3.05, 3.63) is 35.7 Å². The predicted octanol–water partition coefficient (Wildman–Crippen LogP) is 2.06. The molecule has 17 heavy (non-hydrogen) atoms. The first-order valence-corrected chi connectivity index (χ1v) is 5.25. The van der Waals surface area contributed by atoms with Crippen LogP contribution in [0.2, 0.25) is 0 Å². The Bertz CT molecular complexity index is 517. The number of aromatic nitrogens is 2. The Morgan fingerprint density at radius 1 is 1.41 bits per heavy atom. The molecule has 0 fully saturated rings.